The van der Waals surface area contributed by atoms with Gasteiger partial charge in [0.2, 0.25) is 5.91 Å². The average molecular weight is 323 g/mol. The highest BCUT2D eigenvalue weighted by Gasteiger charge is 2.30. The third kappa shape index (κ3) is 5.73. The third-order valence-corrected chi connectivity index (χ3v) is 3.77. The lowest BCUT2D eigenvalue weighted by Gasteiger charge is -2.22. The molecule has 1 amide bonds. The predicted octanol–water partition coefficient (Wildman–Crippen LogP) is 2.45. The molecular weight excluding hydrogens is 301 g/mol. The number of hydrogen-bond donors (Lipinski definition) is 1. The lowest BCUT2D eigenvalue weighted by Crippen LogP contribution is -2.33. The van der Waals surface area contributed by atoms with E-state index in [2.05, 4.69) is 5.32 Å². The molecule has 126 valence electrons. The van der Waals surface area contributed by atoms with E-state index in [1.54, 1.807) is 0 Å². The van der Waals surface area contributed by atoms with E-state index in [4.69, 9.17) is 9.47 Å². The van der Waals surface area contributed by atoms with Crippen molar-refractivity contribution < 1.29 is 23.5 Å². The fraction of sp³-hybridized carbons (Fsp3) is 0.529. The summed E-state index contributed by atoms with van der Waals surface area (Å²) in [5.41, 5.74) is 0.468. The van der Waals surface area contributed by atoms with Gasteiger partial charge in [-0.05, 0) is 37.6 Å². The summed E-state index contributed by atoms with van der Waals surface area (Å²) in [6.07, 6.45) is 1.61. The number of benzene rings is 1. The Labute approximate surface area is 135 Å². The van der Waals surface area contributed by atoms with E-state index in [-0.39, 0.29) is 30.3 Å². The van der Waals surface area contributed by atoms with Crippen molar-refractivity contribution >= 4 is 11.7 Å². The zero-order chi connectivity index (χ0) is 16.7. The molecule has 1 fully saturated rings. The summed E-state index contributed by atoms with van der Waals surface area (Å²) < 4.78 is 23.7. The van der Waals surface area contributed by atoms with Crippen molar-refractivity contribution in [1.29, 1.82) is 0 Å². The van der Waals surface area contributed by atoms with Gasteiger partial charge in [-0.25, -0.2) is 4.39 Å². The molecule has 0 bridgehead atoms. The number of nitrogens with one attached hydrogen (secondary N) is 1. The first-order chi connectivity index (χ1) is 11.0. The van der Waals surface area contributed by atoms with Gasteiger partial charge in [-0.15, -0.1) is 0 Å². The Morgan fingerprint density at radius 1 is 1.17 bits per heavy atom. The number of ketones is 1. The number of rotatable bonds is 8. The number of Topliss-reactive ketones (excluding diaryl/α,β-unsaturated/α-hetero) is 1. The van der Waals surface area contributed by atoms with Crippen LogP contribution in [0.1, 0.15) is 43.0 Å². The zero-order valence-electron chi connectivity index (χ0n) is 13.3. The average Bonchev–Trinajstić information content (AvgIpc) is 2.94. The second-order valence-corrected chi connectivity index (χ2v) is 5.71. The third-order valence-electron chi connectivity index (χ3n) is 3.77. The molecule has 1 aromatic carbocycles. The Morgan fingerprint density at radius 2 is 1.83 bits per heavy atom. The summed E-state index contributed by atoms with van der Waals surface area (Å²) in [6.45, 7) is 3.49. The monoisotopic (exact) mass is 323 g/mol. The van der Waals surface area contributed by atoms with Crippen LogP contribution >= 0.6 is 0 Å². The summed E-state index contributed by atoms with van der Waals surface area (Å²) in [4.78, 5) is 23.6. The molecule has 5 nitrogen and oxygen atoms in total. The van der Waals surface area contributed by atoms with Crippen LogP contribution in [-0.4, -0.2) is 37.2 Å². The van der Waals surface area contributed by atoms with E-state index in [1.807, 2.05) is 6.92 Å². The van der Waals surface area contributed by atoms with Gasteiger partial charge in [0.05, 0.1) is 13.2 Å². The van der Waals surface area contributed by atoms with E-state index in [0.29, 0.717) is 38.2 Å². The normalized spacial score (nSPS) is 16.3. The predicted molar refractivity (Wildman–Crippen MR) is 82.5 cm³/mol. The van der Waals surface area contributed by atoms with Crippen LogP contribution in [0.25, 0.3) is 0 Å². The van der Waals surface area contributed by atoms with E-state index >= 15 is 0 Å². The molecule has 1 aromatic rings. The smallest absolute Gasteiger partial charge is 0.220 e. The molecule has 0 aromatic heterocycles. The zero-order valence-corrected chi connectivity index (χ0v) is 13.3. The largest absolute Gasteiger partial charge is 0.356 e. The van der Waals surface area contributed by atoms with Gasteiger partial charge in [0, 0.05) is 31.4 Å². The molecule has 0 spiro atoms. The molecule has 1 heterocycles. The fourth-order valence-corrected chi connectivity index (χ4v) is 2.41. The van der Waals surface area contributed by atoms with Crippen molar-refractivity contribution in [2.75, 3.05) is 19.8 Å². The van der Waals surface area contributed by atoms with Crippen LogP contribution in [0.3, 0.4) is 0 Å². The van der Waals surface area contributed by atoms with Gasteiger partial charge >= 0.3 is 0 Å². The van der Waals surface area contributed by atoms with Gasteiger partial charge in [-0.2, -0.15) is 0 Å². The maximum absolute atomic E-state index is 12.8. The molecule has 0 atom stereocenters. The first kappa shape index (κ1) is 17.6. The summed E-state index contributed by atoms with van der Waals surface area (Å²) in [5, 5.41) is 2.80. The number of carbonyl (C=O) groups is 2. The fourth-order valence-electron chi connectivity index (χ4n) is 2.41. The highest BCUT2D eigenvalue weighted by atomic mass is 19.1. The first-order valence-electron chi connectivity index (χ1n) is 7.82. The summed E-state index contributed by atoms with van der Waals surface area (Å²) in [7, 11) is 0. The Balaban J connectivity index is 1.61. The molecule has 23 heavy (non-hydrogen) atoms. The Bertz CT molecular complexity index is 538. The molecule has 1 aliphatic heterocycles. The molecule has 0 saturated carbocycles. The first-order valence-corrected chi connectivity index (χ1v) is 7.82. The number of amides is 1. The molecule has 1 N–H and O–H groups in total. The van der Waals surface area contributed by atoms with Gasteiger partial charge < -0.3 is 14.8 Å². The molecule has 1 aliphatic rings. The van der Waals surface area contributed by atoms with Gasteiger partial charge in [0.25, 0.3) is 0 Å². The minimum atomic E-state index is -0.605. The second-order valence-electron chi connectivity index (χ2n) is 5.71. The number of carbonyl (C=O) groups excluding carboxylic acids is 2. The Hall–Kier alpha value is -1.79. The van der Waals surface area contributed by atoms with Crippen LogP contribution in [0, 0.1) is 5.82 Å². The van der Waals surface area contributed by atoms with Crippen LogP contribution in [-0.2, 0) is 14.3 Å². The quantitative estimate of drug-likeness (QED) is 0.746. The Morgan fingerprint density at radius 3 is 2.48 bits per heavy atom. The lowest BCUT2D eigenvalue weighted by atomic mass is 10.1. The minimum absolute atomic E-state index is 0.0851. The van der Waals surface area contributed by atoms with E-state index < -0.39 is 5.79 Å². The lowest BCUT2D eigenvalue weighted by molar-refractivity contribution is -0.146. The molecular formula is C17H22FNO4. The van der Waals surface area contributed by atoms with Crippen molar-refractivity contribution in [2.24, 2.45) is 0 Å². The Kier molecular flexibility index (Phi) is 6.24. The van der Waals surface area contributed by atoms with Crippen LogP contribution < -0.4 is 5.32 Å². The van der Waals surface area contributed by atoms with Crippen molar-refractivity contribution in [3.63, 3.8) is 0 Å². The van der Waals surface area contributed by atoms with Crippen molar-refractivity contribution in [3.05, 3.63) is 35.6 Å². The summed E-state index contributed by atoms with van der Waals surface area (Å²) in [6, 6.07) is 5.43. The van der Waals surface area contributed by atoms with Crippen LogP contribution in [0.15, 0.2) is 24.3 Å². The number of hydrogen-bond acceptors (Lipinski definition) is 4. The van der Waals surface area contributed by atoms with Gasteiger partial charge in [-0.3, -0.25) is 9.59 Å². The van der Waals surface area contributed by atoms with Crippen LogP contribution in [0.2, 0.25) is 0 Å². The van der Waals surface area contributed by atoms with E-state index in [0.717, 1.165) is 0 Å². The van der Waals surface area contributed by atoms with Crippen molar-refractivity contribution in [1.82, 2.24) is 5.32 Å². The number of halogens is 1. The maximum atomic E-state index is 12.8. The van der Waals surface area contributed by atoms with Gasteiger partial charge in [-0.1, -0.05) is 0 Å². The van der Waals surface area contributed by atoms with Gasteiger partial charge in [0.15, 0.2) is 11.6 Å². The van der Waals surface area contributed by atoms with Crippen LogP contribution in [0.4, 0.5) is 4.39 Å². The van der Waals surface area contributed by atoms with Crippen molar-refractivity contribution in [2.45, 2.75) is 38.4 Å². The van der Waals surface area contributed by atoms with E-state index in [1.165, 1.54) is 24.3 Å². The maximum Gasteiger partial charge on any atom is 0.220 e. The molecule has 2 rings (SSSR count). The molecule has 6 heteroatoms. The molecule has 0 radical (unpaired) electrons. The number of ether oxygens (including phenoxy) is 2. The standard InChI is InChI=1S/C17H22FNO4/c1-17(22-11-12-23-17)9-10-19-16(21)4-2-3-15(20)13-5-7-14(18)8-6-13/h5-8H,2-4,9-12H2,1H3,(H,19,21). The van der Waals surface area contributed by atoms with E-state index in [9.17, 15) is 14.0 Å². The molecule has 0 unspecified atom stereocenters. The topological polar surface area (TPSA) is 64.6 Å². The second kappa shape index (κ2) is 8.17. The van der Waals surface area contributed by atoms with Crippen molar-refractivity contribution in [3.8, 4) is 0 Å². The molecule has 1 saturated heterocycles. The van der Waals surface area contributed by atoms with Crippen LogP contribution in [0.5, 0.6) is 0 Å². The highest BCUT2D eigenvalue weighted by Crippen LogP contribution is 2.21. The SMILES string of the molecule is CC1(CCNC(=O)CCCC(=O)c2ccc(F)cc2)OCCO1. The summed E-state index contributed by atoms with van der Waals surface area (Å²) >= 11 is 0. The minimum Gasteiger partial charge on any atom is -0.356 e. The highest BCUT2D eigenvalue weighted by molar-refractivity contribution is 5.96. The molecule has 0 aliphatic carbocycles. The van der Waals surface area contributed by atoms with Gasteiger partial charge in [0.1, 0.15) is 5.82 Å². The summed E-state index contributed by atoms with van der Waals surface area (Å²) in [5.74, 6) is -1.16.